The lowest BCUT2D eigenvalue weighted by Gasteiger charge is -2.25. The number of hydrogen-bond donors (Lipinski definition) is 1. The van der Waals surface area contributed by atoms with Crippen molar-refractivity contribution in [1.29, 1.82) is 0 Å². The second-order valence-corrected chi connectivity index (χ2v) is 6.33. The molecule has 2 unspecified atom stereocenters. The van der Waals surface area contributed by atoms with Crippen molar-refractivity contribution >= 4 is 17.5 Å². The van der Waals surface area contributed by atoms with E-state index in [9.17, 15) is 13.6 Å². The molecule has 1 N–H and O–H groups in total. The number of amides is 1. The predicted octanol–water partition coefficient (Wildman–Crippen LogP) is 2.89. The maximum Gasteiger partial charge on any atom is 0.238 e. The van der Waals surface area contributed by atoms with Gasteiger partial charge in [-0.1, -0.05) is 0 Å². The van der Waals surface area contributed by atoms with Crippen molar-refractivity contribution in [2.24, 2.45) is 0 Å². The highest BCUT2D eigenvalue weighted by atomic mass is 35.5. The molecule has 3 rings (SSSR count). The summed E-state index contributed by atoms with van der Waals surface area (Å²) in [6.07, 6.45) is 3.08. The van der Waals surface area contributed by atoms with Crippen molar-refractivity contribution in [1.82, 2.24) is 14.9 Å². The van der Waals surface area contributed by atoms with Crippen LogP contribution in [-0.2, 0) is 17.8 Å². The number of carbonyl (C=O) groups excluding carboxylic acids is 1. The topological polar surface area (TPSA) is 46.9 Å². The summed E-state index contributed by atoms with van der Waals surface area (Å²) in [5.41, 5.74) is 0.538. The standard InChI is InChI=1S/C16H16ClF2N3O/c1-9(17)16(23)20-11-3-5-15-21-14(8-22(15)7-11)12-6-10(18)2-4-13(12)19/h2,4,6,8-9,11H,3,5,7H2,1H3,(H,20,23). The Balaban J connectivity index is 1.81. The molecule has 1 amide bonds. The average molecular weight is 340 g/mol. The molecular formula is C16H16ClF2N3O. The molecule has 2 aromatic rings. The summed E-state index contributed by atoms with van der Waals surface area (Å²) in [5.74, 6) is -0.430. The zero-order valence-corrected chi connectivity index (χ0v) is 13.3. The van der Waals surface area contributed by atoms with Gasteiger partial charge in [-0.2, -0.15) is 0 Å². The Morgan fingerprint density at radius 3 is 3.00 bits per heavy atom. The quantitative estimate of drug-likeness (QED) is 0.874. The van der Waals surface area contributed by atoms with E-state index in [2.05, 4.69) is 10.3 Å². The molecule has 1 aromatic heterocycles. The second kappa shape index (κ2) is 6.28. The van der Waals surface area contributed by atoms with Gasteiger partial charge in [-0.15, -0.1) is 11.6 Å². The molecule has 0 spiro atoms. The summed E-state index contributed by atoms with van der Waals surface area (Å²) in [6.45, 7) is 2.15. The summed E-state index contributed by atoms with van der Waals surface area (Å²) in [4.78, 5) is 16.1. The minimum absolute atomic E-state index is 0.0457. The van der Waals surface area contributed by atoms with Crippen LogP contribution in [0.25, 0.3) is 11.3 Å². The van der Waals surface area contributed by atoms with Crippen molar-refractivity contribution in [2.75, 3.05) is 0 Å². The van der Waals surface area contributed by atoms with Crippen molar-refractivity contribution in [3.8, 4) is 11.3 Å². The third-order valence-electron chi connectivity index (χ3n) is 3.90. The van der Waals surface area contributed by atoms with Crippen LogP contribution in [-0.4, -0.2) is 26.9 Å². The first-order chi connectivity index (χ1) is 10.9. The summed E-state index contributed by atoms with van der Waals surface area (Å²) in [5, 5.41) is 2.29. The highest BCUT2D eigenvalue weighted by molar-refractivity contribution is 6.30. The minimum Gasteiger partial charge on any atom is -0.350 e. The zero-order chi connectivity index (χ0) is 16.6. The fourth-order valence-corrected chi connectivity index (χ4v) is 2.76. The molecule has 1 aromatic carbocycles. The van der Waals surface area contributed by atoms with Gasteiger partial charge in [0.05, 0.1) is 5.69 Å². The molecule has 0 radical (unpaired) electrons. The third-order valence-corrected chi connectivity index (χ3v) is 4.10. The molecule has 0 aliphatic carbocycles. The van der Waals surface area contributed by atoms with Crippen molar-refractivity contribution < 1.29 is 13.6 Å². The van der Waals surface area contributed by atoms with Crippen molar-refractivity contribution in [3.63, 3.8) is 0 Å². The van der Waals surface area contributed by atoms with E-state index in [0.717, 1.165) is 30.4 Å². The number of carbonyl (C=O) groups is 1. The number of nitrogens with zero attached hydrogens (tertiary/aromatic N) is 2. The van der Waals surface area contributed by atoms with E-state index in [1.165, 1.54) is 0 Å². The van der Waals surface area contributed by atoms with Gasteiger partial charge in [0.2, 0.25) is 5.91 Å². The SMILES string of the molecule is CC(Cl)C(=O)NC1CCc2nc(-c3cc(F)ccc3F)cn2C1. The third kappa shape index (κ3) is 3.37. The van der Waals surface area contributed by atoms with Gasteiger partial charge in [-0.25, -0.2) is 13.8 Å². The van der Waals surface area contributed by atoms with Gasteiger partial charge < -0.3 is 9.88 Å². The highest BCUT2D eigenvalue weighted by Crippen LogP contribution is 2.25. The van der Waals surface area contributed by atoms with E-state index in [1.54, 1.807) is 13.1 Å². The fraction of sp³-hybridized carbons (Fsp3) is 0.375. The predicted molar refractivity (Wildman–Crippen MR) is 83.1 cm³/mol. The van der Waals surface area contributed by atoms with Crippen LogP contribution in [0.15, 0.2) is 24.4 Å². The zero-order valence-electron chi connectivity index (χ0n) is 12.5. The maximum absolute atomic E-state index is 13.9. The molecule has 2 heterocycles. The number of aromatic nitrogens is 2. The van der Waals surface area contributed by atoms with Crippen LogP contribution in [0.2, 0.25) is 0 Å². The minimum atomic E-state index is -0.587. The van der Waals surface area contributed by atoms with E-state index in [0.29, 0.717) is 18.7 Å². The van der Waals surface area contributed by atoms with Gasteiger partial charge in [0.1, 0.15) is 22.8 Å². The Morgan fingerprint density at radius 2 is 2.26 bits per heavy atom. The molecular weight excluding hydrogens is 324 g/mol. The van der Waals surface area contributed by atoms with E-state index in [1.807, 2.05) is 4.57 Å². The number of hydrogen-bond acceptors (Lipinski definition) is 2. The Bertz CT molecular complexity index is 745. The van der Waals surface area contributed by atoms with Crippen LogP contribution < -0.4 is 5.32 Å². The number of rotatable bonds is 3. The summed E-state index contributed by atoms with van der Waals surface area (Å²) < 4.78 is 29.1. The van der Waals surface area contributed by atoms with E-state index >= 15 is 0 Å². The first-order valence-corrected chi connectivity index (χ1v) is 7.83. The monoisotopic (exact) mass is 339 g/mol. The van der Waals surface area contributed by atoms with Crippen LogP contribution >= 0.6 is 11.6 Å². The van der Waals surface area contributed by atoms with Crippen molar-refractivity contribution in [3.05, 3.63) is 41.9 Å². The number of nitrogens with one attached hydrogen (secondary N) is 1. The average Bonchev–Trinajstić information content (AvgIpc) is 2.92. The smallest absolute Gasteiger partial charge is 0.238 e. The van der Waals surface area contributed by atoms with Gasteiger partial charge in [0.25, 0.3) is 0 Å². The molecule has 0 bridgehead atoms. The second-order valence-electron chi connectivity index (χ2n) is 5.68. The number of fused-ring (bicyclic) bond motifs is 1. The van der Waals surface area contributed by atoms with E-state index < -0.39 is 17.0 Å². The van der Waals surface area contributed by atoms with E-state index in [-0.39, 0.29) is 17.5 Å². The summed E-state index contributed by atoms with van der Waals surface area (Å²) in [7, 11) is 0. The van der Waals surface area contributed by atoms with Gasteiger partial charge in [0, 0.05) is 30.8 Å². The van der Waals surface area contributed by atoms with Gasteiger partial charge in [-0.05, 0) is 31.5 Å². The van der Waals surface area contributed by atoms with Gasteiger partial charge in [0.15, 0.2) is 0 Å². The van der Waals surface area contributed by atoms with Gasteiger partial charge >= 0.3 is 0 Å². The number of imidazole rings is 1. The van der Waals surface area contributed by atoms with E-state index in [4.69, 9.17) is 11.6 Å². The Labute approximate surface area is 137 Å². The molecule has 0 saturated heterocycles. The van der Waals surface area contributed by atoms with Crippen LogP contribution in [0.4, 0.5) is 8.78 Å². The molecule has 7 heteroatoms. The van der Waals surface area contributed by atoms with Crippen molar-refractivity contribution in [2.45, 2.75) is 37.7 Å². The Morgan fingerprint density at radius 1 is 1.48 bits per heavy atom. The molecule has 1 aliphatic rings. The Kier molecular flexibility index (Phi) is 4.35. The normalized spacial score (nSPS) is 18.3. The van der Waals surface area contributed by atoms with Crippen LogP contribution in [0, 0.1) is 11.6 Å². The van der Waals surface area contributed by atoms with Crippen LogP contribution in [0.1, 0.15) is 19.2 Å². The molecule has 2 atom stereocenters. The molecule has 122 valence electrons. The lowest BCUT2D eigenvalue weighted by Crippen LogP contribution is -2.43. The lowest BCUT2D eigenvalue weighted by atomic mass is 10.1. The number of benzene rings is 1. The summed E-state index contributed by atoms with van der Waals surface area (Å²) in [6, 6.07) is 3.26. The Hall–Kier alpha value is -1.95. The van der Waals surface area contributed by atoms with Crippen LogP contribution in [0.3, 0.4) is 0 Å². The molecule has 23 heavy (non-hydrogen) atoms. The largest absolute Gasteiger partial charge is 0.350 e. The maximum atomic E-state index is 13.9. The first kappa shape index (κ1) is 15.9. The number of alkyl halides is 1. The number of aryl methyl sites for hydroxylation is 1. The molecule has 1 aliphatic heterocycles. The summed E-state index contributed by atoms with van der Waals surface area (Å²) >= 11 is 5.76. The highest BCUT2D eigenvalue weighted by Gasteiger charge is 2.24. The fourth-order valence-electron chi connectivity index (χ4n) is 2.70. The number of halogens is 3. The van der Waals surface area contributed by atoms with Crippen LogP contribution in [0.5, 0.6) is 0 Å². The van der Waals surface area contributed by atoms with Gasteiger partial charge in [-0.3, -0.25) is 4.79 Å². The molecule has 4 nitrogen and oxygen atoms in total. The molecule has 0 fully saturated rings. The first-order valence-electron chi connectivity index (χ1n) is 7.40. The lowest BCUT2D eigenvalue weighted by molar-refractivity contribution is -0.121. The molecule has 0 saturated carbocycles.